The summed E-state index contributed by atoms with van der Waals surface area (Å²) in [5.74, 6) is 0.112. The van der Waals surface area contributed by atoms with E-state index in [2.05, 4.69) is 24.5 Å². The first-order chi connectivity index (χ1) is 8.59. The molecule has 0 aromatic carbocycles. The Morgan fingerprint density at radius 1 is 1.39 bits per heavy atom. The molecule has 0 N–H and O–H groups in total. The lowest BCUT2D eigenvalue weighted by atomic mass is 10.2. The van der Waals surface area contributed by atoms with E-state index in [1.165, 1.54) is 11.3 Å². The summed E-state index contributed by atoms with van der Waals surface area (Å²) in [6, 6.07) is 8.04. The Morgan fingerprint density at radius 3 is 2.67 bits per heavy atom. The maximum Gasteiger partial charge on any atom is 0.264 e. The molecule has 2 aromatic rings. The van der Waals surface area contributed by atoms with E-state index in [9.17, 15) is 4.79 Å². The molecule has 0 unspecified atom stereocenters. The molecule has 0 bridgehead atoms. The van der Waals surface area contributed by atoms with Gasteiger partial charge in [-0.15, -0.1) is 11.3 Å². The maximum atomic E-state index is 12.4. The topological polar surface area (TPSA) is 25.2 Å². The Hall–Kier alpha value is -1.55. The predicted octanol–water partition coefficient (Wildman–Crippen LogP) is 3.14. The monoisotopic (exact) mass is 262 g/mol. The number of nitrogens with zero attached hydrogens (tertiary/aromatic N) is 2. The Bertz CT molecular complexity index is 514. The molecular formula is C14H18N2OS. The summed E-state index contributed by atoms with van der Waals surface area (Å²) in [5, 5.41) is 1.94. The van der Waals surface area contributed by atoms with Gasteiger partial charge in [-0.1, -0.05) is 6.07 Å². The molecule has 0 aliphatic rings. The molecule has 2 rings (SSSR count). The number of aromatic nitrogens is 1. The summed E-state index contributed by atoms with van der Waals surface area (Å²) in [7, 11) is 2.00. The predicted molar refractivity (Wildman–Crippen MR) is 74.7 cm³/mol. The quantitative estimate of drug-likeness (QED) is 0.831. The molecule has 0 saturated heterocycles. The van der Waals surface area contributed by atoms with Crippen molar-refractivity contribution >= 4 is 17.2 Å². The van der Waals surface area contributed by atoms with Gasteiger partial charge < -0.3 is 9.47 Å². The van der Waals surface area contributed by atoms with Crippen LogP contribution in [-0.2, 0) is 13.6 Å². The molecule has 2 aromatic heterocycles. The van der Waals surface area contributed by atoms with E-state index < -0.39 is 0 Å². The van der Waals surface area contributed by atoms with Gasteiger partial charge in [0.25, 0.3) is 5.91 Å². The molecule has 0 aliphatic carbocycles. The van der Waals surface area contributed by atoms with Crippen LogP contribution in [0.2, 0.25) is 0 Å². The average Bonchev–Trinajstić information content (AvgIpc) is 2.96. The number of thiophene rings is 1. The van der Waals surface area contributed by atoms with Crippen molar-refractivity contribution in [3.05, 3.63) is 46.4 Å². The van der Waals surface area contributed by atoms with Crippen LogP contribution in [0.5, 0.6) is 0 Å². The Kier molecular flexibility index (Phi) is 3.87. The lowest BCUT2D eigenvalue weighted by Crippen LogP contribution is -2.36. The molecule has 0 saturated carbocycles. The zero-order chi connectivity index (χ0) is 13.1. The molecule has 18 heavy (non-hydrogen) atoms. The summed E-state index contributed by atoms with van der Waals surface area (Å²) >= 11 is 1.50. The SMILES string of the molecule is CC(C)N(Cc1cccn1C)C(=O)c1cccs1. The van der Waals surface area contributed by atoms with E-state index >= 15 is 0 Å². The highest BCUT2D eigenvalue weighted by Gasteiger charge is 2.20. The van der Waals surface area contributed by atoms with Crippen molar-refractivity contribution in [1.29, 1.82) is 0 Å². The first-order valence-electron chi connectivity index (χ1n) is 6.04. The second-order valence-corrected chi connectivity index (χ2v) is 5.56. The molecule has 0 atom stereocenters. The highest BCUT2D eigenvalue weighted by Crippen LogP contribution is 2.16. The van der Waals surface area contributed by atoms with E-state index in [1.807, 2.05) is 41.7 Å². The average molecular weight is 262 g/mol. The summed E-state index contributed by atoms with van der Waals surface area (Å²) in [6.45, 7) is 4.75. The van der Waals surface area contributed by atoms with E-state index in [-0.39, 0.29) is 11.9 Å². The van der Waals surface area contributed by atoms with Gasteiger partial charge in [-0.2, -0.15) is 0 Å². The van der Waals surface area contributed by atoms with Gasteiger partial charge in [0, 0.05) is 25.0 Å². The first kappa shape index (κ1) is 12.9. The van der Waals surface area contributed by atoms with Crippen molar-refractivity contribution in [3.8, 4) is 0 Å². The lowest BCUT2D eigenvalue weighted by molar-refractivity contribution is 0.0691. The number of carbonyl (C=O) groups excluding carboxylic acids is 1. The molecule has 0 aliphatic heterocycles. The van der Waals surface area contributed by atoms with E-state index in [0.29, 0.717) is 6.54 Å². The maximum absolute atomic E-state index is 12.4. The second-order valence-electron chi connectivity index (χ2n) is 4.61. The number of hydrogen-bond acceptors (Lipinski definition) is 2. The largest absolute Gasteiger partial charge is 0.353 e. The summed E-state index contributed by atoms with van der Waals surface area (Å²) in [5.41, 5.74) is 1.15. The van der Waals surface area contributed by atoms with Crippen molar-refractivity contribution in [1.82, 2.24) is 9.47 Å². The van der Waals surface area contributed by atoms with Gasteiger partial charge in [0.15, 0.2) is 0 Å². The number of aryl methyl sites for hydroxylation is 1. The number of hydrogen-bond donors (Lipinski definition) is 0. The number of amides is 1. The lowest BCUT2D eigenvalue weighted by Gasteiger charge is -2.26. The zero-order valence-electron chi connectivity index (χ0n) is 11.0. The van der Waals surface area contributed by atoms with Crippen LogP contribution >= 0.6 is 11.3 Å². The highest BCUT2D eigenvalue weighted by atomic mass is 32.1. The second kappa shape index (κ2) is 5.40. The summed E-state index contributed by atoms with van der Waals surface area (Å²) in [6.07, 6.45) is 2.00. The molecule has 0 spiro atoms. The van der Waals surface area contributed by atoms with Crippen LogP contribution in [0.3, 0.4) is 0 Å². The minimum atomic E-state index is 0.112. The van der Waals surface area contributed by atoms with E-state index in [4.69, 9.17) is 0 Å². The molecule has 3 nitrogen and oxygen atoms in total. The third kappa shape index (κ3) is 2.64. The summed E-state index contributed by atoms with van der Waals surface area (Å²) < 4.78 is 2.05. The fraction of sp³-hybridized carbons (Fsp3) is 0.357. The van der Waals surface area contributed by atoms with Crippen molar-refractivity contribution in [2.75, 3.05) is 0 Å². The minimum absolute atomic E-state index is 0.112. The van der Waals surface area contributed by atoms with Crippen LogP contribution < -0.4 is 0 Å². The van der Waals surface area contributed by atoms with E-state index in [0.717, 1.165) is 10.6 Å². The van der Waals surface area contributed by atoms with Gasteiger partial charge in [-0.05, 0) is 37.4 Å². The van der Waals surface area contributed by atoms with Crippen LogP contribution in [0.1, 0.15) is 29.2 Å². The highest BCUT2D eigenvalue weighted by molar-refractivity contribution is 7.12. The number of carbonyl (C=O) groups is 1. The van der Waals surface area contributed by atoms with Gasteiger partial charge in [0.05, 0.1) is 11.4 Å². The van der Waals surface area contributed by atoms with Gasteiger partial charge in [-0.25, -0.2) is 0 Å². The van der Waals surface area contributed by atoms with Crippen LogP contribution in [0.25, 0.3) is 0 Å². The van der Waals surface area contributed by atoms with Crippen molar-refractivity contribution < 1.29 is 4.79 Å². The van der Waals surface area contributed by atoms with Crippen LogP contribution in [0, 0.1) is 0 Å². The Labute approximate surface area is 112 Å². The molecule has 4 heteroatoms. The minimum Gasteiger partial charge on any atom is -0.353 e. The smallest absolute Gasteiger partial charge is 0.264 e. The summed E-state index contributed by atoms with van der Waals surface area (Å²) in [4.78, 5) is 15.1. The standard InChI is InChI=1S/C14H18N2OS/c1-11(2)16(10-12-6-4-8-15(12)3)14(17)13-7-5-9-18-13/h4-9,11H,10H2,1-3H3. The molecule has 2 heterocycles. The first-order valence-corrected chi connectivity index (χ1v) is 6.92. The van der Waals surface area contributed by atoms with Gasteiger partial charge in [0.1, 0.15) is 0 Å². The van der Waals surface area contributed by atoms with Crippen molar-refractivity contribution in [3.63, 3.8) is 0 Å². The van der Waals surface area contributed by atoms with Gasteiger partial charge in [0.2, 0.25) is 0 Å². The third-order valence-electron chi connectivity index (χ3n) is 3.00. The molecule has 1 amide bonds. The van der Waals surface area contributed by atoms with Gasteiger partial charge >= 0.3 is 0 Å². The zero-order valence-corrected chi connectivity index (χ0v) is 11.8. The van der Waals surface area contributed by atoms with Crippen LogP contribution in [0.15, 0.2) is 35.8 Å². The van der Waals surface area contributed by atoms with Gasteiger partial charge in [-0.3, -0.25) is 4.79 Å². The van der Waals surface area contributed by atoms with Crippen molar-refractivity contribution in [2.45, 2.75) is 26.4 Å². The van der Waals surface area contributed by atoms with Crippen molar-refractivity contribution in [2.24, 2.45) is 7.05 Å². The van der Waals surface area contributed by atoms with Crippen LogP contribution in [0.4, 0.5) is 0 Å². The fourth-order valence-corrected chi connectivity index (χ4v) is 2.54. The number of rotatable bonds is 4. The molecule has 0 radical (unpaired) electrons. The Morgan fingerprint density at radius 2 is 2.17 bits per heavy atom. The van der Waals surface area contributed by atoms with Crippen LogP contribution in [-0.4, -0.2) is 21.4 Å². The molecular weight excluding hydrogens is 244 g/mol. The molecule has 0 fully saturated rings. The third-order valence-corrected chi connectivity index (χ3v) is 3.86. The fourth-order valence-electron chi connectivity index (χ4n) is 1.87. The normalized spacial score (nSPS) is 10.9. The molecule has 96 valence electrons. The van der Waals surface area contributed by atoms with E-state index in [1.54, 1.807) is 0 Å². The Balaban J connectivity index is 2.19.